The highest BCUT2D eigenvalue weighted by Gasteiger charge is 2.73. The first-order valence-electron chi connectivity index (χ1n) is 17.4. The molecule has 9 heteroatoms. The minimum absolute atomic E-state index is 0.0692. The zero-order valence-electron chi connectivity index (χ0n) is 28.8. The van der Waals surface area contributed by atoms with Crippen molar-refractivity contribution in [1.82, 2.24) is 0 Å². The molecule has 4 saturated carbocycles. The van der Waals surface area contributed by atoms with Gasteiger partial charge in [-0.05, 0) is 117 Å². The van der Waals surface area contributed by atoms with Crippen LogP contribution in [0.4, 0.5) is 0 Å². The van der Waals surface area contributed by atoms with Gasteiger partial charge in [0, 0.05) is 0 Å². The van der Waals surface area contributed by atoms with E-state index in [-0.39, 0.29) is 39.9 Å². The van der Waals surface area contributed by atoms with E-state index in [1.54, 1.807) is 0 Å². The summed E-state index contributed by atoms with van der Waals surface area (Å²) in [4.78, 5) is 0. The number of rotatable bonds is 7. The average Bonchev–Trinajstić information content (AvgIpc) is 3.33. The monoisotopic (exact) mass is 638 g/mol. The van der Waals surface area contributed by atoms with Crippen LogP contribution in [0.15, 0.2) is 11.6 Å². The molecule has 45 heavy (non-hydrogen) atoms. The van der Waals surface area contributed by atoms with E-state index in [9.17, 15) is 35.7 Å². The molecule has 1 heterocycles. The minimum Gasteiger partial charge on any atom is -0.394 e. The maximum atomic E-state index is 12.2. The van der Waals surface area contributed by atoms with Crippen LogP contribution in [-0.2, 0) is 9.47 Å². The number of aliphatic hydroxyl groups excluding tert-OH is 7. The summed E-state index contributed by atoms with van der Waals surface area (Å²) >= 11 is 0. The van der Waals surface area contributed by atoms with Crippen molar-refractivity contribution in [2.24, 2.45) is 45.3 Å². The van der Waals surface area contributed by atoms with Gasteiger partial charge < -0.3 is 45.2 Å². The van der Waals surface area contributed by atoms with E-state index < -0.39 is 66.6 Å². The highest BCUT2D eigenvalue weighted by molar-refractivity contribution is 5.21. The topological polar surface area (TPSA) is 160 Å². The molecule has 260 valence electrons. The average molecular weight is 639 g/mol. The third-order valence-corrected chi connectivity index (χ3v) is 14.5. The Bertz CT molecular complexity index is 1110. The van der Waals surface area contributed by atoms with Gasteiger partial charge in [-0.3, -0.25) is 0 Å². The van der Waals surface area contributed by atoms with Crippen LogP contribution in [0.5, 0.6) is 0 Å². The SMILES string of the molecule is CC(C)=CCC[C@](C)(O[C@@H]1O[C@H](CO)[C@@H](O)[C@H](O)[C@H]1O)[C@H]1CC[C@]2(C)[C@H]1[C@H](O)C[C@@H]1[C@@]3(C)CC[C@H](O)C(C)(C)[C@@H]3[C@@H](O)C[C@]12C. The number of hydrogen-bond acceptors (Lipinski definition) is 9. The molecule has 1 aliphatic heterocycles. The van der Waals surface area contributed by atoms with Crippen LogP contribution in [0.3, 0.4) is 0 Å². The lowest BCUT2D eigenvalue weighted by molar-refractivity contribution is -0.336. The van der Waals surface area contributed by atoms with Gasteiger partial charge in [0.05, 0.1) is 30.5 Å². The van der Waals surface area contributed by atoms with E-state index in [4.69, 9.17) is 9.47 Å². The molecule has 9 nitrogen and oxygen atoms in total. The molecule has 5 rings (SSSR count). The van der Waals surface area contributed by atoms with Crippen molar-refractivity contribution in [3.05, 3.63) is 11.6 Å². The molecule has 0 bridgehead atoms. The molecule has 16 atom stereocenters. The van der Waals surface area contributed by atoms with E-state index in [1.165, 1.54) is 5.57 Å². The van der Waals surface area contributed by atoms with E-state index >= 15 is 0 Å². The Balaban J connectivity index is 1.51. The summed E-state index contributed by atoms with van der Waals surface area (Å²) in [6.45, 7) is 16.7. The third-order valence-electron chi connectivity index (χ3n) is 14.5. The van der Waals surface area contributed by atoms with Gasteiger partial charge in [-0.1, -0.05) is 46.3 Å². The van der Waals surface area contributed by atoms with Crippen molar-refractivity contribution in [3.63, 3.8) is 0 Å². The minimum atomic E-state index is -1.53. The maximum absolute atomic E-state index is 12.2. The van der Waals surface area contributed by atoms with Crippen molar-refractivity contribution in [2.75, 3.05) is 6.61 Å². The van der Waals surface area contributed by atoms with Crippen LogP contribution in [0.2, 0.25) is 0 Å². The van der Waals surface area contributed by atoms with Crippen molar-refractivity contribution < 1.29 is 45.2 Å². The third kappa shape index (κ3) is 5.39. The highest BCUT2D eigenvalue weighted by Crippen LogP contribution is 2.76. The highest BCUT2D eigenvalue weighted by atomic mass is 16.7. The van der Waals surface area contributed by atoms with Gasteiger partial charge in [0.15, 0.2) is 6.29 Å². The van der Waals surface area contributed by atoms with Gasteiger partial charge in [0.25, 0.3) is 0 Å². The van der Waals surface area contributed by atoms with Gasteiger partial charge in [-0.2, -0.15) is 0 Å². The van der Waals surface area contributed by atoms with Crippen molar-refractivity contribution in [2.45, 2.75) is 161 Å². The predicted octanol–water partition coefficient (Wildman–Crippen LogP) is 3.30. The fourth-order valence-electron chi connectivity index (χ4n) is 12.0. The Morgan fingerprint density at radius 1 is 0.889 bits per heavy atom. The summed E-state index contributed by atoms with van der Waals surface area (Å²) in [5, 5.41) is 76.9. The summed E-state index contributed by atoms with van der Waals surface area (Å²) in [6.07, 6.45) is -0.678. The lowest BCUT2D eigenvalue weighted by Crippen LogP contribution is -2.70. The molecule has 0 aromatic heterocycles. The summed E-state index contributed by atoms with van der Waals surface area (Å²) in [5.74, 6) is -0.154. The predicted molar refractivity (Wildman–Crippen MR) is 170 cm³/mol. The van der Waals surface area contributed by atoms with Crippen LogP contribution in [0.1, 0.15) is 107 Å². The fourth-order valence-corrected chi connectivity index (χ4v) is 12.0. The standard InChI is InChI=1S/C36H62O9/c1-19(2)10-9-13-36(8,45-31-29(43)28(42)27(41)23(18-37)44-31)20-11-15-34(6)26(20)21(38)16-24-33(5)14-12-25(40)32(3,4)30(33)22(39)17-35(24,34)7/h10,20-31,37-43H,9,11-18H2,1-8H3/t20-,21+,22-,23+,24+,25-,26+,27+,28-,29+,30-,31-,33+,34+,35+,36-/m0/s1. The summed E-state index contributed by atoms with van der Waals surface area (Å²) in [6, 6.07) is 0. The largest absolute Gasteiger partial charge is 0.394 e. The molecular weight excluding hydrogens is 576 g/mol. The van der Waals surface area contributed by atoms with Gasteiger partial charge >= 0.3 is 0 Å². The molecule has 5 fully saturated rings. The van der Waals surface area contributed by atoms with Crippen LogP contribution in [0, 0.1) is 45.3 Å². The summed E-state index contributed by atoms with van der Waals surface area (Å²) < 4.78 is 12.6. The Hall–Kier alpha value is -0.620. The number of fused-ring (bicyclic) bond motifs is 5. The Labute approximate surface area is 270 Å². The molecular formula is C36H62O9. The van der Waals surface area contributed by atoms with E-state index in [0.717, 1.165) is 19.3 Å². The number of hydrogen-bond donors (Lipinski definition) is 7. The van der Waals surface area contributed by atoms with Crippen LogP contribution < -0.4 is 0 Å². The Morgan fingerprint density at radius 2 is 1.56 bits per heavy atom. The molecule has 0 aromatic rings. The Kier molecular flexibility index (Phi) is 9.56. The molecule has 7 N–H and O–H groups in total. The molecule has 0 amide bonds. The zero-order valence-corrected chi connectivity index (χ0v) is 28.8. The molecule has 0 aromatic carbocycles. The second kappa shape index (κ2) is 12.1. The van der Waals surface area contributed by atoms with E-state index in [0.29, 0.717) is 32.1 Å². The molecule has 0 unspecified atom stereocenters. The first kappa shape index (κ1) is 35.7. The summed E-state index contributed by atoms with van der Waals surface area (Å²) in [7, 11) is 0. The zero-order chi connectivity index (χ0) is 33.5. The number of aliphatic hydroxyl groups is 7. The normalized spacial score (nSPS) is 52.2. The van der Waals surface area contributed by atoms with Gasteiger partial charge in [0.1, 0.15) is 24.4 Å². The van der Waals surface area contributed by atoms with E-state index in [2.05, 4.69) is 40.7 Å². The summed E-state index contributed by atoms with van der Waals surface area (Å²) in [5.41, 5.74) is -0.944. The van der Waals surface area contributed by atoms with Crippen molar-refractivity contribution in [3.8, 4) is 0 Å². The van der Waals surface area contributed by atoms with Gasteiger partial charge in [-0.15, -0.1) is 0 Å². The van der Waals surface area contributed by atoms with Crippen molar-refractivity contribution >= 4 is 0 Å². The second-order valence-corrected chi connectivity index (χ2v) is 17.4. The lowest BCUT2D eigenvalue weighted by Gasteiger charge is -2.71. The molecule has 0 spiro atoms. The molecule has 0 radical (unpaired) electrons. The van der Waals surface area contributed by atoms with E-state index in [1.807, 2.05) is 20.8 Å². The smallest absolute Gasteiger partial charge is 0.187 e. The quantitative estimate of drug-likeness (QED) is 0.208. The first-order valence-corrected chi connectivity index (χ1v) is 17.4. The fraction of sp³-hybridized carbons (Fsp3) is 0.944. The molecule has 1 saturated heterocycles. The second-order valence-electron chi connectivity index (χ2n) is 17.4. The number of ether oxygens (including phenoxy) is 2. The van der Waals surface area contributed by atoms with Crippen LogP contribution >= 0.6 is 0 Å². The maximum Gasteiger partial charge on any atom is 0.187 e. The molecule has 4 aliphatic carbocycles. The molecule has 5 aliphatic rings. The van der Waals surface area contributed by atoms with Crippen LogP contribution in [-0.4, -0.2) is 97.0 Å². The van der Waals surface area contributed by atoms with Crippen molar-refractivity contribution in [1.29, 1.82) is 0 Å². The lowest BCUT2D eigenvalue weighted by atomic mass is 9.34. The first-order chi connectivity index (χ1) is 20.8. The van der Waals surface area contributed by atoms with Gasteiger partial charge in [0.2, 0.25) is 0 Å². The van der Waals surface area contributed by atoms with Gasteiger partial charge in [-0.25, -0.2) is 0 Å². The Morgan fingerprint density at radius 3 is 2.18 bits per heavy atom. The van der Waals surface area contributed by atoms with Crippen LogP contribution in [0.25, 0.3) is 0 Å². The number of allylic oxidation sites excluding steroid dienone is 2.